The van der Waals surface area contributed by atoms with Crippen LogP contribution in [0.15, 0.2) is 0 Å². The van der Waals surface area contributed by atoms with Crippen molar-refractivity contribution in [3.05, 3.63) is 0 Å². The number of rotatable bonds is 3. The van der Waals surface area contributed by atoms with Gasteiger partial charge in [0.15, 0.2) is 5.72 Å². The molecule has 1 fully saturated rings. The summed E-state index contributed by atoms with van der Waals surface area (Å²) in [6, 6.07) is 0. The maximum absolute atomic E-state index is 5.05. The molecule has 0 bridgehead atoms. The quantitative estimate of drug-likeness (QED) is 0.510. The molecule has 1 heterocycles. The van der Waals surface area contributed by atoms with Crippen LogP contribution in [0.4, 0.5) is 0 Å². The Labute approximate surface area is 49.0 Å². The zero-order valence-corrected chi connectivity index (χ0v) is 5.23. The van der Waals surface area contributed by atoms with Crippen molar-refractivity contribution in [1.82, 2.24) is 5.32 Å². The summed E-state index contributed by atoms with van der Waals surface area (Å²) in [5.74, 6) is 0. The Morgan fingerprint density at radius 2 is 2.25 bits per heavy atom. The minimum absolute atomic E-state index is 0.130. The molecule has 1 unspecified atom stereocenters. The lowest BCUT2D eigenvalue weighted by atomic mass is 10.4. The Balaban J connectivity index is 2.20. The molecule has 0 spiro atoms. The van der Waals surface area contributed by atoms with E-state index in [2.05, 4.69) is 5.32 Å². The number of ether oxygens (including phenoxy) is 2. The van der Waals surface area contributed by atoms with Gasteiger partial charge in [0.1, 0.15) is 0 Å². The van der Waals surface area contributed by atoms with Crippen LogP contribution in [0.25, 0.3) is 0 Å². The maximum atomic E-state index is 5.05. The highest BCUT2D eigenvalue weighted by Gasteiger charge is 2.42. The molecule has 1 aliphatic heterocycles. The summed E-state index contributed by atoms with van der Waals surface area (Å²) < 4.78 is 9.93. The van der Waals surface area contributed by atoms with Crippen LogP contribution >= 0.6 is 0 Å². The first-order valence-corrected chi connectivity index (χ1v) is 2.62. The molecule has 1 rings (SSSR count). The average molecular weight is 117 g/mol. The fourth-order valence-corrected chi connectivity index (χ4v) is 0.637. The highest BCUT2D eigenvalue weighted by atomic mass is 16.6. The van der Waals surface area contributed by atoms with Crippen molar-refractivity contribution in [3.63, 3.8) is 0 Å². The smallest absolute Gasteiger partial charge is 0.155 e. The zero-order valence-electron chi connectivity index (χ0n) is 5.23. The fourth-order valence-electron chi connectivity index (χ4n) is 0.637. The van der Waals surface area contributed by atoms with Crippen LogP contribution in [0.3, 0.4) is 0 Å². The van der Waals surface area contributed by atoms with Gasteiger partial charge in [-0.05, 0) is 0 Å². The Kier molecular flexibility index (Phi) is 1.51. The van der Waals surface area contributed by atoms with Crippen molar-refractivity contribution in [2.24, 2.45) is 0 Å². The van der Waals surface area contributed by atoms with Gasteiger partial charge in [-0.25, -0.2) is 0 Å². The molecular formula is C5H11NO2. The number of methoxy groups -OCH3 is 2. The van der Waals surface area contributed by atoms with E-state index in [1.54, 1.807) is 14.2 Å². The van der Waals surface area contributed by atoms with E-state index in [1.807, 2.05) is 0 Å². The van der Waals surface area contributed by atoms with Gasteiger partial charge in [0, 0.05) is 20.8 Å². The van der Waals surface area contributed by atoms with Crippen LogP contribution in [-0.4, -0.2) is 33.1 Å². The van der Waals surface area contributed by atoms with Crippen molar-refractivity contribution in [3.8, 4) is 0 Å². The van der Waals surface area contributed by atoms with Crippen molar-refractivity contribution in [2.45, 2.75) is 5.72 Å². The van der Waals surface area contributed by atoms with Gasteiger partial charge < -0.3 is 9.47 Å². The second-order valence-electron chi connectivity index (χ2n) is 1.98. The summed E-state index contributed by atoms with van der Waals surface area (Å²) in [7, 11) is 3.35. The lowest BCUT2D eigenvalue weighted by Gasteiger charge is -2.07. The zero-order chi connectivity index (χ0) is 6.04. The first kappa shape index (κ1) is 6.01. The summed E-state index contributed by atoms with van der Waals surface area (Å²) in [5, 5.41) is 3.05. The normalized spacial score (nSPS) is 35.2. The molecule has 0 aromatic rings. The lowest BCUT2D eigenvalue weighted by molar-refractivity contribution is 0.00610. The predicted octanol–water partition coefficient (Wildman–Crippen LogP) is -0.421. The van der Waals surface area contributed by atoms with Crippen molar-refractivity contribution in [1.29, 1.82) is 0 Å². The number of hydrogen-bond acceptors (Lipinski definition) is 3. The van der Waals surface area contributed by atoms with Gasteiger partial charge >= 0.3 is 0 Å². The minimum atomic E-state index is -0.130. The van der Waals surface area contributed by atoms with Crippen LogP contribution < -0.4 is 5.32 Å². The Morgan fingerprint density at radius 3 is 2.38 bits per heavy atom. The van der Waals surface area contributed by atoms with E-state index in [9.17, 15) is 0 Å². The van der Waals surface area contributed by atoms with Gasteiger partial charge in [0.25, 0.3) is 0 Å². The van der Waals surface area contributed by atoms with Crippen LogP contribution in [0, 0.1) is 0 Å². The SMILES string of the molecule is COCC1(OC)CN1. The van der Waals surface area contributed by atoms with E-state index in [1.165, 1.54) is 0 Å². The van der Waals surface area contributed by atoms with Gasteiger partial charge in [-0.1, -0.05) is 0 Å². The molecule has 0 amide bonds. The lowest BCUT2D eigenvalue weighted by Crippen LogP contribution is -2.24. The molecular weight excluding hydrogens is 106 g/mol. The van der Waals surface area contributed by atoms with E-state index in [0.717, 1.165) is 6.54 Å². The van der Waals surface area contributed by atoms with Gasteiger partial charge in [0.05, 0.1) is 6.61 Å². The first-order valence-electron chi connectivity index (χ1n) is 2.62. The molecule has 0 aliphatic carbocycles. The number of nitrogens with one attached hydrogen (secondary N) is 1. The Bertz CT molecular complexity index is 80.5. The van der Waals surface area contributed by atoms with Gasteiger partial charge in [0.2, 0.25) is 0 Å². The van der Waals surface area contributed by atoms with Crippen LogP contribution in [0.5, 0.6) is 0 Å². The molecule has 0 radical (unpaired) electrons. The average Bonchev–Trinajstić information content (AvgIpc) is 2.50. The summed E-state index contributed by atoms with van der Waals surface area (Å²) in [6.45, 7) is 1.56. The molecule has 3 heteroatoms. The van der Waals surface area contributed by atoms with Crippen molar-refractivity contribution >= 4 is 0 Å². The predicted molar refractivity (Wildman–Crippen MR) is 29.6 cm³/mol. The summed E-state index contributed by atoms with van der Waals surface area (Å²) in [6.07, 6.45) is 0. The number of hydrogen-bond donors (Lipinski definition) is 1. The third kappa shape index (κ3) is 0.992. The van der Waals surface area contributed by atoms with E-state index in [0.29, 0.717) is 6.61 Å². The van der Waals surface area contributed by atoms with Gasteiger partial charge in [-0.15, -0.1) is 0 Å². The highest BCUT2D eigenvalue weighted by Crippen LogP contribution is 2.16. The van der Waals surface area contributed by atoms with Gasteiger partial charge in [-0.2, -0.15) is 0 Å². The van der Waals surface area contributed by atoms with Crippen molar-refractivity contribution < 1.29 is 9.47 Å². The first-order chi connectivity index (χ1) is 3.83. The molecule has 3 nitrogen and oxygen atoms in total. The molecule has 8 heavy (non-hydrogen) atoms. The molecule has 1 saturated heterocycles. The molecule has 48 valence electrons. The third-order valence-electron chi connectivity index (χ3n) is 1.34. The van der Waals surface area contributed by atoms with Crippen LogP contribution in [0.1, 0.15) is 0 Å². The Hall–Kier alpha value is -0.120. The van der Waals surface area contributed by atoms with Crippen molar-refractivity contribution in [2.75, 3.05) is 27.4 Å². The van der Waals surface area contributed by atoms with Gasteiger partial charge in [-0.3, -0.25) is 5.32 Å². The van der Waals surface area contributed by atoms with E-state index in [4.69, 9.17) is 9.47 Å². The van der Waals surface area contributed by atoms with Crippen LogP contribution in [-0.2, 0) is 9.47 Å². The molecule has 0 saturated carbocycles. The Morgan fingerprint density at radius 1 is 1.62 bits per heavy atom. The fraction of sp³-hybridized carbons (Fsp3) is 1.00. The molecule has 0 aromatic heterocycles. The highest BCUT2D eigenvalue weighted by molar-refractivity contribution is 4.94. The summed E-state index contributed by atoms with van der Waals surface area (Å²) in [5.41, 5.74) is -0.130. The van der Waals surface area contributed by atoms with Crippen LogP contribution in [0.2, 0.25) is 0 Å². The molecule has 1 atom stereocenters. The topological polar surface area (TPSA) is 40.4 Å². The second kappa shape index (κ2) is 2.01. The van der Waals surface area contributed by atoms with E-state index in [-0.39, 0.29) is 5.72 Å². The summed E-state index contributed by atoms with van der Waals surface area (Å²) in [4.78, 5) is 0. The standard InChI is InChI=1S/C5H11NO2/c1-7-4-5(8-2)3-6-5/h6H,3-4H2,1-2H3. The van der Waals surface area contributed by atoms with E-state index < -0.39 is 0 Å². The third-order valence-corrected chi connectivity index (χ3v) is 1.34. The molecule has 1 aliphatic rings. The monoisotopic (exact) mass is 117 g/mol. The largest absolute Gasteiger partial charge is 0.380 e. The maximum Gasteiger partial charge on any atom is 0.155 e. The molecule has 1 N–H and O–H groups in total. The summed E-state index contributed by atoms with van der Waals surface area (Å²) >= 11 is 0. The molecule has 0 aromatic carbocycles. The minimum Gasteiger partial charge on any atom is -0.380 e. The van der Waals surface area contributed by atoms with E-state index >= 15 is 0 Å². The second-order valence-corrected chi connectivity index (χ2v) is 1.98.